The number of hydrogen-bond acceptors (Lipinski definition) is 5. The van der Waals surface area contributed by atoms with E-state index in [1.807, 2.05) is 83.0 Å². The summed E-state index contributed by atoms with van der Waals surface area (Å²) in [6.45, 7) is 14.5. The van der Waals surface area contributed by atoms with Crippen molar-refractivity contribution in [3.05, 3.63) is 48.0 Å². The van der Waals surface area contributed by atoms with Crippen molar-refractivity contribution < 1.29 is 19.1 Å². The van der Waals surface area contributed by atoms with Gasteiger partial charge < -0.3 is 15.0 Å². The van der Waals surface area contributed by atoms with Crippen molar-refractivity contribution >= 4 is 17.8 Å². The fourth-order valence-corrected chi connectivity index (χ4v) is 4.18. The molecule has 1 aliphatic rings. The van der Waals surface area contributed by atoms with Gasteiger partial charge in [0.1, 0.15) is 6.04 Å². The number of nitrogens with one attached hydrogen (secondary N) is 1. The van der Waals surface area contributed by atoms with Gasteiger partial charge >= 0.3 is 5.97 Å². The van der Waals surface area contributed by atoms with Crippen LogP contribution in [-0.2, 0) is 19.1 Å². The Morgan fingerprint density at radius 1 is 1.11 bits per heavy atom. The number of hydrogen-bond donors (Lipinski definition) is 1. The van der Waals surface area contributed by atoms with E-state index >= 15 is 0 Å². The van der Waals surface area contributed by atoms with Crippen LogP contribution in [0.5, 0.6) is 0 Å². The van der Waals surface area contributed by atoms with E-state index in [4.69, 9.17) is 4.74 Å². The summed E-state index contributed by atoms with van der Waals surface area (Å²) in [4.78, 5) is 42.1. The molecule has 202 valence electrons. The molecule has 0 bridgehead atoms. The standard InChI is InChI=1S/C23H41N3O4.C6H6/c1-10-30-22(29)16(4)14-18(15(2)3)26(9)21(28)19(23(5,6)7)24-20(27)17-12-11-13-25(17)8;1-2-4-6-5-3-1/h14-15,17-19H,10-13H2,1-9H3,(H,24,27);1-6H/b16-14+;/t17-,18+,19+;/m0./s1. The number of nitrogens with zero attached hydrogens (tertiary/aromatic N) is 2. The average molecular weight is 502 g/mol. The normalized spacial score (nSPS) is 18.1. The van der Waals surface area contributed by atoms with Crippen LogP contribution in [0, 0.1) is 11.3 Å². The van der Waals surface area contributed by atoms with E-state index in [1.54, 1.807) is 31.9 Å². The molecule has 1 fully saturated rings. The van der Waals surface area contributed by atoms with E-state index in [-0.39, 0.29) is 35.8 Å². The molecule has 7 heteroatoms. The number of carbonyl (C=O) groups is 3. The molecular formula is C29H47N3O4. The van der Waals surface area contributed by atoms with Gasteiger partial charge in [-0.2, -0.15) is 0 Å². The number of benzene rings is 1. The topological polar surface area (TPSA) is 79.0 Å². The zero-order valence-electron chi connectivity index (χ0n) is 23.7. The molecule has 0 aromatic heterocycles. The molecule has 1 N–H and O–H groups in total. The molecule has 1 aliphatic heterocycles. The van der Waals surface area contributed by atoms with Crippen molar-refractivity contribution in [3.63, 3.8) is 0 Å². The van der Waals surface area contributed by atoms with E-state index in [0.29, 0.717) is 12.2 Å². The van der Waals surface area contributed by atoms with Gasteiger partial charge in [-0.15, -0.1) is 0 Å². The maximum Gasteiger partial charge on any atom is 0.333 e. The summed E-state index contributed by atoms with van der Waals surface area (Å²) in [6, 6.07) is 10.8. The van der Waals surface area contributed by atoms with Gasteiger partial charge in [-0.3, -0.25) is 14.5 Å². The van der Waals surface area contributed by atoms with Crippen LogP contribution < -0.4 is 5.32 Å². The molecule has 2 amide bonds. The second-order valence-corrected chi connectivity index (χ2v) is 10.9. The monoisotopic (exact) mass is 501 g/mol. The largest absolute Gasteiger partial charge is 0.463 e. The number of amides is 2. The first-order valence-corrected chi connectivity index (χ1v) is 12.9. The summed E-state index contributed by atoms with van der Waals surface area (Å²) >= 11 is 0. The number of ether oxygens (including phenoxy) is 1. The van der Waals surface area contributed by atoms with Crippen molar-refractivity contribution in [2.24, 2.45) is 11.3 Å². The summed E-state index contributed by atoms with van der Waals surface area (Å²) in [5.74, 6) is -0.561. The molecule has 0 aliphatic carbocycles. The maximum atomic E-state index is 13.5. The third-order valence-corrected chi connectivity index (χ3v) is 6.39. The molecule has 2 rings (SSSR count). The number of rotatable bonds is 8. The summed E-state index contributed by atoms with van der Waals surface area (Å²) < 4.78 is 5.07. The molecular weight excluding hydrogens is 454 g/mol. The Hall–Kier alpha value is -2.67. The number of likely N-dealkylation sites (N-methyl/N-ethyl adjacent to an activating group) is 2. The fourth-order valence-electron chi connectivity index (χ4n) is 4.18. The minimum absolute atomic E-state index is 0.0839. The zero-order chi connectivity index (χ0) is 27.5. The Labute approximate surface area is 218 Å². The van der Waals surface area contributed by atoms with Crippen molar-refractivity contribution in [3.8, 4) is 0 Å². The van der Waals surface area contributed by atoms with E-state index < -0.39 is 11.5 Å². The van der Waals surface area contributed by atoms with Gasteiger partial charge in [0.25, 0.3) is 0 Å². The predicted octanol–water partition coefficient (Wildman–Crippen LogP) is 4.29. The summed E-state index contributed by atoms with van der Waals surface area (Å²) in [7, 11) is 3.67. The first-order valence-electron chi connectivity index (χ1n) is 12.9. The number of likely N-dealkylation sites (tertiary alicyclic amines) is 1. The predicted molar refractivity (Wildman–Crippen MR) is 145 cm³/mol. The van der Waals surface area contributed by atoms with Crippen molar-refractivity contribution in [1.82, 2.24) is 15.1 Å². The molecule has 0 saturated carbocycles. The second kappa shape index (κ2) is 14.8. The van der Waals surface area contributed by atoms with Crippen molar-refractivity contribution in [1.29, 1.82) is 0 Å². The van der Waals surface area contributed by atoms with Crippen LogP contribution in [0.2, 0.25) is 0 Å². The Morgan fingerprint density at radius 2 is 1.64 bits per heavy atom. The second-order valence-electron chi connectivity index (χ2n) is 10.9. The number of esters is 1. The Morgan fingerprint density at radius 3 is 2.03 bits per heavy atom. The SMILES string of the molecule is CCOC(=O)/C(C)=C/[C@H](C(C)C)N(C)C(=O)[C@@H](NC(=O)[C@@H]1CCCN1C)C(C)(C)C.c1ccccc1. The molecule has 7 nitrogen and oxygen atoms in total. The minimum Gasteiger partial charge on any atom is -0.463 e. The van der Waals surface area contributed by atoms with Crippen LogP contribution in [0.25, 0.3) is 0 Å². The summed E-state index contributed by atoms with van der Waals surface area (Å²) in [6.07, 6.45) is 3.57. The quantitative estimate of drug-likeness (QED) is 0.425. The van der Waals surface area contributed by atoms with Gasteiger partial charge in [-0.05, 0) is 51.6 Å². The smallest absolute Gasteiger partial charge is 0.333 e. The van der Waals surface area contributed by atoms with Gasteiger partial charge in [0.2, 0.25) is 11.8 Å². The lowest BCUT2D eigenvalue weighted by Crippen LogP contribution is -2.58. The van der Waals surface area contributed by atoms with Gasteiger partial charge in [-0.25, -0.2) is 4.79 Å². The lowest BCUT2D eigenvalue weighted by molar-refractivity contribution is -0.141. The van der Waals surface area contributed by atoms with Gasteiger partial charge in [0.15, 0.2) is 0 Å². The zero-order valence-corrected chi connectivity index (χ0v) is 23.7. The summed E-state index contributed by atoms with van der Waals surface area (Å²) in [5, 5.41) is 3.02. The highest BCUT2D eigenvalue weighted by Crippen LogP contribution is 2.25. The molecule has 1 saturated heterocycles. The van der Waals surface area contributed by atoms with Crippen LogP contribution in [0.3, 0.4) is 0 Å². The Kier molecular flexibility index (Phi) is 12.9. The number of carbonyl (C=O) groups excluding carboxylic acids is 3. The average Bonchev–Trinajstić information content (AvgIpc) is 3.26. The first-order chi connectivity index (χ1) is 16.8. The molecule has 1 aromatic rings. The molecule has 36 heavy (non-hydrogen) atoms. The van der Waals surface area contributed by atoms with Crippen LogP contribution >= 0.6 is 0 Å². The highest BCUT2D eigenvalue weighted by atomic mass is 16.5. The van der Waals surface area contributed by atoms with Crippen LogP contribution in [-0.4, -0.2) is 73.0 Å². The van der Waals surface area contributed by atoms with E-state index in [0.717, 1.165) is 19.4 Å². The third-order valence-electron chi connectivity index (χ3n) is 6.39. The molecule has 0 radical (unpaired) electrons. The first kappa shape index (κ1) is 31.4. The highest BCUT2D eigenvalue weighted by Gasteiger charge is 2.39. The maximum absolute atomic E-state index is 13.5. The van der Waals surface area contributed by atoms with Crippen molar-refractivity contribution in [2.75, 3.05) is 27.2 Å². The molecule has 0 unspecified atom stereocenters. The van der Waals surface area contributed by atoms with Gasteiger partial charge in [0, 0.05) is 12.6 Å². The summed E-state index contributed by atoms with van der Waals surface area (Å²) in [5.41, 5.74) is 0.0127. The molecule has 3 atom stereocenters. The molecule has 1 heterocycles. The third kappa shape index (κ3) is 9.76. The Bertz CT molecular complexity index is 834. The molecule has 0 spiro atoms. The lowest BCUT2D eigenvalue weighted by atomic mass is 9.85. The highest BCUT2D eigenvalue weighted by molar-refractivity contribution is 5.91. The van der Waals surface area contributed by atoms with Crippen LogP contribution in [0.1, 0.15) is 61.3 Å². The lowest BCUT2D eigenvalue weighted by Gasteiger charge is -2.38. The van der Waals surface area contributed by atoms with Crippen LogP contribution in [0.15, 0.2) is 48.0 Å². The van der Waals surface area contributed by atoms with Crippen molar-refractivity contribution in [2.45, 2.75) is 79.4 Å². The Balaban J connectivity index is 0.000000936. The van der Waals surface area contributed by atoms with Gasteiger partial charge in [-0.1, -0.05) is 77.1 Å². The van der Waals surface area contributed by atoms with Crippen LogP contribution in [0.4, 0.5) is 0 Å². The fraction of sp³-hybridized carbons (Fsp3) is 0.621. The minimum atomic E-state index is -0.665. The molecule has 1 aromatic carbocycles. The van der Waals surface area contributed by atoms with Gasteiger partial charge in [0.05, 0.1) is 18.7 Å². The van der Waals surface area contributed by atoms with E-state index in [1.165, 1.54) is 0 Å². The van der Waals surface area contributed by atoms with E-state index in [2.05, 4.69) is 5.32 Å². The van der Waals surface area contributed by atoms with E-state index in [9.17, 15) is 14.4 Å².